The molecule has 2 amide bonds. The van der Waals surface area contributed by atoms with Crippen LogP contribution in [0.1, 0.15) is 13.8 Å². The summed E-state index contributed by atoms with van der Waals surface area (Å²) in [5.41, 5.74) is 2.46. The standard InChI is InChI=1S/C19H21N3O2/c1-3-21(15-9-5-4-6-10-15)18(23)13-22-17-12-8-7-11-16(17)20-14(2)19(22)24/h4-12,14,20H,3,13H2,1-2H3. The highest BCUT2D eigenvalue weighted by Crippen LogP contribution is 2.31. The maximum Gasteiger partial charge on any atom is 0.249 e. The van der Waals surface area contributed by atoms with Gasteiger partial charge < -0.3 is 10.2 Å². The predicted molar refractivity (Wildman–Crippen MR) is 96.3 cm³/mol. The summed E-state index contributed by atoms with van der Waals surface area (Å²) in [5.74, 6) is -0.188. The van der Waals surface area contributed by atoms with E-state index >= 15 is 0 Å². The van der Waals surface area contributed by atoms with Crippen molar-refractivity contribution in [1.82, 2.24) is 0 Å². The number of nitrogens with zero attached hydrogens (tertiary/aromatic N) is 2. The highest BCUT2D eigenvalue weighted by molar-refractivity contribution is 6.09. The smallest absolute Gasteiger partial charge is 0.249 e. The molecule has 0 fully saturated rings. The molecule has 1 aliphatic rings. The number of likely N-dealkylation sites (N-methyl/N-ethyl adjacent to an activating group) is 1. The lowest BCUT2D eigenvalue weighted by atomic mass is 10.1. The van der Waals surface area contributed by atoms with Gasteiger partial charge in [0.05, 0.1) is 11.4 Å². The van der Waals surface area contributed by atoms with Crippen molar-refractivity contribution in [2.75, 3.05) is 28.2 Å². The summed E-state index contributed by atoms with van der Waals surface area (Å²) in [7, 11) is 0. The van der Waals surface area contributed by atoms with Gasteiger partial charge in [0, 0.05) is 12.2 Å². The molecule has 0 aromatic heterocycles. The summed E-state index contributed by atoms with van der Waals surface area (Å²) in [6.45, 7) is 4.33. The van der Waals surface area contributed by atoms with Crippen LogP contribution in [0.4, 0.5) is 17.1 Å². The number of hydrogen-bond donors (Lipinski definition) is 1. The molecular formula is C19H21N3O2. The van der Waals surface area contributed by atoms with Crippen molar-refractivity contribution >= 4 is 28.9 Å². The molecule has 3 rings (SSSR count). The van der Waals surface area contributed by atoms with Crippen LogP contribution < -0.4 is 15.1 Å². The van der Waals surface area contributed by atoms with Crippen LogP contribution in [0.15, 0.2) is 54.6 Å². The Morgan fingerprint density at radius 3 is 2.50 bits per heavy atom. The fourth-order valence-electron chi connectivity index (χ4n) is 2.97. The van der Waals surface area contributed by atoms with E-state index in [1.54, 1.807) is 9.80 Å². The number of fused-ring (bicyclic) bond motifs is 1. The second-order valence-electron chi connectivity index (χ2n) is 5.78. The number of carbonyl (C=O) groups excluding carboxylic acids is 2. The van der Waals surface area contributed by atoms with Crippen LogP contribution in [0.2, 0.25) is 0 Å². The van der Waals surface area contributed by atoms with Gasteiger partial charge in [-0.05, 0) is 38.1 Å². The van der Waals surface area contributed by atoms with E-state index in [4.69, 9.17) is 0 Å². The van der Waals surface area contributed by atoms with E-state index in [9.17, 15) is 9.59 Å². The third-order valence-electron chi connectivity index (χ3n) is 4.18. The first-order chi connectivity index (χ1) is 11.6. The van der Waals surface area contributed by atoms with E-state index in [2.05, 4.69) is 5.32 Å². The van der Waals surface area contributed by atoms with Gasteiger partial charge >= 0.3 is 0 Å². The number of carbonyl (C=O) groups is 2. The van der Waals surface area contributed by atoms with Gasteiger partial charge in [0.2, 0.25) is 11.8 Å². The normalized spacial score (nSPS) is 16.3. The summed E-state index contributed by atoms with van der Waals surface area (Å²) in [4.78, 5) is 28.7. The zero-order chi connectivity index (χ0) is 17.1. The lowest BCUT2D eigenvalue weighted by molar-refractivity contribution is -0.123. The minimum absolute atomic E-state index is 0.0323. The van der Waals surface area contributed by atoms with Gasteiger partial charge in [0.25, 0.3) is 0 Å². The Balaban J connectivity index is 1.86. The third kappa shape index (κ3) is 2.97. The number of hydrogen-bond acceptors (Lipinski definition) is 3. The Morgan fingerprint density at radius 2 is 1.79 bits per heavy atom. The molecule has 24 heavy (non-hydrogen) atoms. The monoisotopic (exact) mass is 323 g/mol. The Labute approximate surface area is 141 Å². The second kappa shape index (κ2) is 6.74. The lowest BCUT2D eigenvalue weighted by Crippen LogP contribution is -2.50. The lowest BCUT2D eigenvalue weighted by Gasteiger charge is -2.34. The molecule has 0 spiro atoms. The molecule has 0 saturated carbocycles. The van der Waals surface area contributed by atoms with E-state index in [0.717, 1.165) is 17.1 Å². The first kappa shape index (κ1) is 16.1. The van der Waals surface area contributed by atoms with Crippen molar-refractivity contribution in [3.8, 4) is 0 Å². The second-order valence-corrected chi connectivity index (χ2v) is 5.78. The van der Waals surface area contributed by atoms with E-state index in [1.165, 1.54) is 0 Å². The zero-order valence-electron chi connectivity index (χ0n) is 13.9. The minimum atomic E-state index is -0.348. The quantitative estimate of drug-likeness (QED) is 0.941. The number of benzene rings is 2. The van der Waals surface area contributed by atoms with Gasteiger partial charge in [0.1, 0.15) is 12.6 Å². The fraction of sp³-hybridized carbons (Fsp3) is 0.263. The topological polar surface area (TPSA) is 52.7 Å². The molecule has 0 aliphatic carbocycles. The molecule has 5 nitrogen and oxygen atoms in total. The summed E-state index contributed by atoms with van der Waals surface area (Å²) < 4.78 is 0. The maximum absolute atomic E-state index is 12.8. The van der Waals surface area contributed by atoms with Crippen LogP contribution in [-0.2, 0) is 9.59 Å². The molecule has 1 aliphatic heterocycles. The molecule has 0 radical (unpaired) electrons. The van der Waals surface area contributed by atoms with Gasteiger partial charge in [0.15, 0.2) is 0 Å². The Hall–Kier alpha value is -2.82. The Bertz CT molecular complexity index is 745. The molecule has 2 aromatic carbocycles. The van der Waals surface area contributed by atoms with Crippen LogP contribution in [0.5, 0.6) is 0 Å². The Morgan fingerprint density at radius 1 is 1.12 bits per heavy atom. The number of nitrogens with one attached hydrogen (secondary N) is 1. The summed E-state index contributed by atoms with van der Waals surface area (Å²) in [6.07, 6.45) is 0. The van der Waals surface area contributed by atoms with Gasteiger partial charge in [-0.15, -0.1) is 0 Å². The molecule has 1 unspecified atom stereocenters. The highest BCUT2D eigenvalue weighted by atomic mass is 16.2. The number of rotatable bonds is 4. The molecule has 124 valence electrons. The van der Waals surface area contributed by atoms with Crippen LogP contribution >= 0.6 is 0 Å². The Kier molecular flexibility index (Phi) is 4.51. The summed E-state index contributed by atoms with van der Waals surface area (Å²) >= 11 is 0. The van der Waals surface area contributed by atoms with Gasteiger partial charge in [-0.1, -0.05) is 30.3 Å². The van der Waals surface area contributed by atoms with Gasteiger partial charge in [-0.25, -0.2) is 0 Å². The van der Waals surface area contributed by atoms with Gasteiger partial charge in [-0.3, -0.25) is 14.5 Å². The van der Waals surface area contributed by atoms with Crippen molar-refractivity contribution in [3.05, 3.63) is 54.6 Å². The molecule has 1 atom stereocenters. The van der Waals surface area contributed by atoms with Crippen LogP contribution in [0, 0.1) is 0 Å². The van der Waals surface area contributed by atoms with E-state index in [-0.39, 0.29) is 24.4 Å². The van der Waals surface area contributed by atoms with Gasteiger partial charge in [-0.2, -0.15) is 0 Å². The third-order valence-corrected chi connectivity index (χ3v) is 4.18. The largest absolute Gasteiger partial charge is 0.372 e. The zero-order valence-corrected chi connectivity index (χ0v) is 13.9. The van der Waals surface area contributed by atoms with Crippen molar-refractivity contribution in [3.63, 3.8) is 0 Å². The van der Waals surface area contributed by atoms with Crippen LogP contribution in [0.3, 0.4) is 0 Å². The van der Waals surface area contributed by atoms with Crippen molar-refractivity contribution in [2.24, 2.45) is 0 Å². The number of amides is 2. The average Bonchev–Trinajstić information content (AvgIpc) is 2.60. The first-order valence-corrected chi connectivity index (χ1v) is 8.14. The number of anilines is 3. The molecule has 2 aromatic rings. The van der Waals surface area contributed by atoms with E-state index < -0.39 is 0 Å². The maximum atomic E-state index is 12.8. The van der Waals surface area contributed by atoms with E-state index in [1.807, 2.05) is 68.4 Å². The minimum Gasteiger partial charge on any atom is -0.372 e. The van der Waals surface area contributed by atoms with Crippen LogP contribution in [0.25, 0.3) is 0 Å². The van der Waals surface area contributed by atoms with Crippen molar-refractivity contribution < 1.29 is 9.59 Å². The summed E-state index contributed by atoms with van der Waals surface area (Å²) in [6, 6.07) is 16.7. The van der Waals surface area contributed by atoms with Crippen LogP contribution in [-0.4, -0.2) is 30.9 Å². The summed E-state index contributed by atoms with van der Waals surface area (Å²) in [5, 5.41) is 3.17. The number of para-hydroxylation sites is 3. The molecule has 1 N–H and O–H groups in total. The predicted octanol–water partition coefficient (Wildman–Crippen LogP) is 2.89. The fourth-order valence-corrected chi connectivity index (χ4v) is 2.97. The molecule has 0 saturated heterocycles. The molecular weight excluding hydrogens is 302 g/mol. The van der Waals surface area contributed by atoms with E-state index in [0.29, 0.717) is 6.54 Å². The highest BCUT2D eigenvalue weighted by Gasteiger charge is 2.31. The van der Waals surface area contributed by atoms with Crippen molar-refractivity contribution in [2.45, 2.75) is 19.9 Å². The molecule has 0 bridgehead atoms. The SMILES string of the molecule is CCN(C(=O)CN1C(=O)C(C)Nc2ccccc21)c1ccccc1. The first-order valence-electron chi connectivity index (χ1n) is 8.14. The van der Waals surface area contributed by atoms with Crippen molar-refractivity contribution in [1.29, 1.82) is 0 Å². The molecule has 1 heterocycles. The average molecular weight is 323 g/mol. The molecule has 5 heteroatoms.